The summed E-state index contributed by atoms with van der Waals surface area (Å²) in [6, 6.07) is 2.24. The van der Waals surface area contributed by atoms with Crippen LogP contribution in [0.5, 0.6) is 0 Å². The lowest BCUT2D eigenvalue weighted by Gasteiger charge is -1.82. The summed E-state index contributed by atoms with van der Waals surface area (Å²) in [5.41, 5.74) is 2.66. The Morgan fingerprint density at radius 3 is 3.00 bits per heavy atom. The fraction of sp³-hybridized carbons (Fsp3) is 0.333. The number of nitrogens with one attached hydrogen (secondary N) is 1. The van der Waals surface area contributed by atoms with Crippen LogP contribution in [-0.2, 0) is 6.42 Å². The zero-order valence-corrected chi connectivity index (χ0v) is 7.59. The van der Waals surface area contributed by atoms with E-state index in [-0.39, 0.29) is 0 Å². The molecule has 0 bridgehead atoms. The molecule has 0 aliphatic heterocycles. The highest BCUT2D eigenvalue weighted by Crippen LogP contribution is 2.27. The summed E-state index contributed by atoms with van der Waals surface area (Å²) in [6.45, 7) is 4.34. The van der Waals surface area contributed by atoms with Gasteiger partial charge in [0.2, 0.25) is 0 Å². The third-order valence-electron chi connectivity index (χ3n) is 1.93. The van der Waals surface area contributed by atoms with Crippen LogP contribution in [-0.4, -0.2) is 4.98 Å². The molecule has 0 fully saturated rings. The molecule has 58 valence electrons. The van der Waals surface area contributed by atoms with Gasteiger partial charge in [-0.3, -0.25) is 0 Å². The summed E-state index contributed by atoms with van der Waals surface area (Å²) in [4.78, 5) is 4.72. The van der Waals surface area contributed by atoms with Gasteiger partial charge in [0, 0.05) is 11.1 Å². The van der Waals surface area contributed by atoms with Crippen molar-refractivity contribution >= 4 is 21.6 Å². The fourth-order valence-electron chi connectivity index (χ4n) is 1.27. The SMILES string of the molecule is CCc1cc2[nH]cc(C)c2s1. The molecule has 2 heteroatoms. The van der Waals surface area contributed by atoms with Crippen molar-refractivity contribution in [3.63, 3.8) is 0 Å². The van der Waals surface area contributed by atoms with Crippen LogP contribution < -0.4 is 0 Å². The quantitative estimate of drug-likeness (QED) is 0.668. The van der Waals surface area contributed by atoms with E-state index in [1.54, 1.807) is 0 Å². The molecule has 1 nitrogen and oxygen atoms in total. The highest BCUT2D eigenvalue weighted by atomic mass is 32.1. The minimum absolute atomic E-state index is 1.15. The summed E-state index contributed by atoms with van der Waals surface area (Å²) in [5.74, 6) is 0. The van der Waals surface area contributed by atoms with Crippen LogP contribution >= 0.6 is 11.3 Å². The summed E-state index contributed by atoms with van der Waals surface area (Å²) in [6.07, 6.45) is 3.22. The van der Waals surface area contributed by atoms with Gasteiger partial charge in [0.25, 0.3) is 0 Å². The van der Waals surface area contributed by atoms with Gasteiger partial charge in [-0.1, -0.05) is 6.92 Å². The van der Waals surface area contributed by atoms with Crippen LogP contribution in [0.3, 0.4) is 0 Å². The molecule has 0 aliphatic carbocycles. The minimum atomic E-state index is 1.15. The zero-order valence-electron chi connectivity index (χ0n) is 6.77. The fourth-order valence-corrected chi connectivity index (χ4v) is 2.30. The lowest BCUT2D eigenvalue weighted by Crippen LogP contribution is -1.66. The highest BCUT2D eigenvalue weighted by molar-refractivity contribution is 7.19. The maximum Gasteiger partial charge on any atom is 0.0569 e. The Morgan fingerprint density at radius 2 is 2.36 bits per heavy atom. The summed E-state index contributed by atoms with van der Waals surface area (Å²) in [7, 11) is 0. The van der Waals surface area contributed by atoms with E-state index in [1.165, 1.54) is 20.7 Å². The van der Waals surface area contributed by atoms with Crippen molar-refractivity contribution < 1.29 is 0 Å². The van der Waals surface area contributed by atoms with Crippen LogP contribution in [0.1, 0.15) is 17.4 Å². The monoisotopic (exact) mass is 165 g/mol. The topological polar surface area (TPSA) is 15.8 Å². The van der Waals surface area contributed by atoms with Crippen molar-refractivity contribution in [1.29, 1.82) is 0 Å². The van der Waals surface area contributed by atoms with Crippen LogP contribution in [0.25, 0.3) is 10.2 Å². The van der Waals surface area contributed by atoms with Crippen molar-refractivity contribution in [3.8, 4) is 0 Å². The summed E-state index contributed by atoms with van der Waals surface area (Å²) < 4.78 is 1.42. The number of aromatic amines is 1. The highest BCUT2D eigenvalue weighted by Gasteiger charge is 2.03. The first-order chi connectivity index (χ1) is 5.31. The van der Waals surface area contributed by atoms with E-state index in [0.29, 0.717) is 0 Å². The van der Waals surface area contributed by atoms with E-state index in [4.69, 9.17) is 0 Å². The number of fused-ring (bicyclic) bond motifs is 1. The number of hydrogen-bond donors (Lipinski definition) is 1. The predicted octanol–water partition coefficient (Wildman–Crippen LogP) is 3.10. The zero-order chi connectivity index (χ0) is 7.84. The van der Waals surface area contributed by atoms with Gasteiger partial charge in [-0.15, -0.1) is 11.3 Å². The van der Waals surface area contributed by atoms with E-state index in [1.807, 2.05) is 11.3 Å². The van der Waals surface area contributed by atoms with Crippen LogP contribution in [0.4, 0.5) is 0 Å². The molecule has 2 rings (SSSR count). The normalized spacial score (nSPS) is 11.1. The van der Waals surface area contributed by atoms with Gasteiger partial charge in [-0.2, -0.15) is 0 Å². The van der Waals surface area contributed by atoms with Gasteiger partial charge in [0.05, 0.1) is 10.2 Å². The molecule has 2 heterocycles. The lowest BCUT2D eigenvalue weighted by atomic mass is 10.3. The average molecular weight is 165 g/mol. The maximum atomic E-state index is 3.25. The third kappa shape index (κ3) is 0.979. The molecule has 0 aromatic carbocycles. The molecule has 1 N–H and O–H groups in total. The van der Waals surface area contributed by atoms with Gasteiger partial charge < -0.3 is 4.98 Å². The lowest BCUT2D eigenvalue weighted by molar-refractivity contribution is 1.19. The summed E-state index contributed by atoms with van der Waals surface area (Å²) in [5, 5.41) is 0. The summed E-state index contributed by atoms with van der Waals surface area (Å²) >= 11 is 1.90. The Kier molecular flexibility index (Phi) is 1.50. The Bertz CT molecular complexity index is 370. The largest absolute Gasteiger partial charge is 0.360 e. The van der Waals surface area contributed by atoms with Crippen molar-refractivity contribution in [3.05, 3.63) is 22.7 Å². The van der Waals surface area contributed by atoms with E-state index < -0.39 is 0 Å². The second kappa shape index (κ2) is 2.38. The predicted molar refractivity (Wildman–Crippen MR) is 50.3 cm³/mol. The molecular formula is C9H11NS. The number of aryl methyl sites for hydroxylation is 2. The molecule has 2 aromatic rings. The molecule has 2 aromatic heterocycles. The molecule has 0 spiro atoms. The minimum Gasteiger partial charge on any atom is -0.360 e. The van der Waals surface area contributed by atoms with Gasteiger partial charge in [0.15, 0.2) is 0 Å². The Balaban J connectivity index is 2.70. The number of hydrogen-bond acceptors (Lipinski definition) is 1. The number of aromatic nitrogens is 1. The molecular weight excluding hydrogens is 154 g/mol. The molecule has 0 aliphatic rings. The molecule has 0 radical (unpaired) electrons. The van der Waals surface area contributed by atoms with Crippen molar-refractivity contribution in [1.82, 2.24) is 4.98 Å². The van der Waals surface area contributed by atoms with E-state index in [9.17, 15) is 0 Å². The van der Waals surface area contributed by atoms with Crippen LogP contribution in [0, 0.1) is 6.92 Å². The van der Waals surface area contributed by atoms with Gasteiger partial charge in [-0.05, 0) is 25.0 Å². The first-order valence-corrected chi connectivity index (χ1v) is 4.69. The molecule has 0 saturated carbocycles. The van der Waals surface area contributed by atoms with Gasteiger partial charge in [-0.25, -0.2) is 0 Å². The molecule has 0 amide bonds. The number of rotatable bonds is 1. The van der Waals surface area contributed by atoms with Crippen molar-refractivity contribution in [2.24, 2.45) is 0 Å². The maximum absolute atomic E-state index is 3.25. The second-order valence-corrected chi connectivity index (χ2v) is 3.92. The molecule has 0 unspecified atom stereocenters. The first kappa shape index (κ1) is 6.92. The second-order valence-electron chi connectivity index (χ2n) is 2.78. The van der Waals surface area contributed by atoms with E-state index in [2.05, 4.69) is 31.1 Å². The Labute approximate surface area is 70.1 Å². The van der Waals surface area contributed by atoms with Crippen molar-refractivity contribution in [2.45, 2.75) is 20.3 Å². The third-order valence-corrected chi connectivity index (χ3v) is 3.35. The molecule has 11 heavy (non-hydrogen) atoms. The first-order valence-electron chi connectivity index (χ1n) is 3.87. The average Bonchev–Trinajstić information content (AvgIpc) is 2.53. The Morgan fingerprint density at radius 1 is 1.55 bits per heavy atom. The number of thiophene rings is 1. The van der Waals surface area contributed by atoms with Crippen LogP contribution in [0.2, 0.25) is 0 Å². The van der Waals surface area contributed by atoms with Crippen molar-refractivity contribution in [2.75, 3.05) is 0 Å². The molecule has 0 saturated heterocycles. The smallest absolute Gasteiger partial charge is 0.0569 e. The standard InChI is InChI=1S/C9H11NS/c1-3-7-4-8-9(11-7)6(2)5-10-8/h4-5,10H,3H2,1-2H3. The van der Waals surface area contributed by atoms with E-state index in [0.717, 1.165) is 6.42 Å². The number of H-pyrrole nitrogens is 1. The van der Waals surface area contributed by atoms with E-state index >= 15 is 0 Å². The van der Waals surface area contributed by atoms with Gasteiger partial charge in [0.1, 0.15) is 0 Å². The van der Waals surface area contributed by atoms with Crippen LogP contribution in [0.15, 0.2) is 12.3 Å². The van der Waals surface area contributed by atoms with Gasteiger partial charge >= 0.3 is 0 Å². The molecule has 0 atom stereocenters. The Hall–Kier alpha value is -0.760.